The van der Waals surface area contributed by atoms with E-state index >= 15 is 0 Å². The summed E-state index contributed by atoms with van der Waals surface area (Å²) < 4.78 is 2.75. The number of halogens is 1. The van der Waals surface area contributed by atoms with E-state index in [0.717, 1.165) is 22.2 Å². The summed E-state index contributed by atoms with van der Waals surface area (Å²) >= 11 is 2.14. The van der Waals surface area contributed by atoms with E-state index < -0.39 is 0 Å². The van der Waals surface area contributed by atoms with E-state index in [2.05, 4.69) is 37.9 Å². The van der Waals surface area contributed by atoms with Gasteiger partial charge in [-0.15, -0.1) is 0 Å². The van der Waals surface area contributed by atoms with Crippen molar-refractivity contribution in [2.24, 2.45) is 5.92 Å². The molecule has 2 aromatic heterocycles. The smallest absolute Gasteiger partial charge is 0.228 e. The predicted molar refractivity (Wildman–Crippen MR) is 67.1 cm³/mol. The summed E-state index contributed by atoms with van der Waals surface area (Å²) in [6, 6.07) is 0. The number of fused-ring (bicyclic) bond motifs is 1. The Hall–Kier alpha value is -1.18. The molecular formula is C10H9IN4O. The first-order valence-corrected chi connectivity index (χ1v) is 6.11. The van der Waals surface area contributed by atoms with Gasteiger partial charge in [0.15, 0.2) is 11.5 Å². The molecule has 2 heterocycles. The van der Waals surface area contributed by atoms with Gasteiger partial charge in [-0.2, -0.15) is 0 Å². The van der Waals surface area contributed by atoms with Crippen LogP contribution >= 0.6 is 22.6 Å². The van der Waals surface area contributed by atoms with E-state index in [1.165, 1.54) is 0 Å². The zero-order valence-corrected chi connectivity index (χ0v) is 10.5. The summed E-state index contributed by atoms with van der Waals surface area (Å²) in [5.74, 6) is 0.870. The summed E-state index contributed by atoms with van der Waals surface area (Å²) in [6.45, 7) is 0. The Kier molecular flexibility index (Phi) is 2.31. The van der Waals surface area contributed by atoms with Crippen LogP contribution in [0.25, 0.3) is 5.65 Å². The third-order valence-corrected chi connectivity index (χ3v) is 3.07. The fourth-order valence-corrected chi connectivity index (χ4v) is 1.95. The van der Waals surface area contributed by atoms with Crippen molar-refractivity contribution < 1.29 is 4.79 Å². The maximum absolute atomic E-state index is 11.5. The largest absolute Gasteiger partial charge is 0.309 e. The van der Waals surface area contributed by atoms with Crippen LogP contribution in [0.15, 0.2) is 18.6 Å². The fourth-order valence-electron chi connectivity index (χ4n) is 1.51. The number of hydrogen-bond donors (Lipinski definition) is 1. The van der Waals surface area contributed by atoms with Crippen LogP contribution in [-0.4, -0.2) is 20.3 Å². The van der Waals surface area contributed by atoms with Crippen LogP contribution in [0.1, 0.15) is 12.8 Å². The minimum absolute atomic E-state index is 0.0751. The maximum atomic E-state index is 11.5. The fraction of sp³-hybridized carbons (Fsp3) is 0.300. The standard InChI is InChI=1S/C10H9IN4O/c11-7-4-15-5-8(13-9(15)3-12-7)14-10(16)6-1-2-6/h3-6H,1-2H2,(H,14,16). The Morgan fingerprint density at radius 1 is 1.50 bits per heavy atom. The van der Waals surface area contributed by atoms with Gasteiger partial charge < -0.3 is 9.72 Å². The number of anilines is 1. The van der Waals surface area contributed by atoms with E-state index in [1.54, 1.807) is 12.4 Å². The Morgan fingerprint density at radius 3 is 3.06 bits per heavy atom. The van der Waals surface area contributed by atoms with Crippen LogP contribution in [0.3, 0.4) is 0 Å². The minimum Gasteiger partial charge on any atom is -0.309 e. The van der Waals surface area contributed by atoms with Gasteiger partial charge >= 0.3 is 0 Å². The third-order valence-electron chi connectivity index (χ3n) is 2.51. The van der Waals surface area contributed by atoms with Gasteiger partial charge in [-0.3, -0.25) is 4.79 Å². The molecule has 0 atom stereocenters. The molecule has 82 valence electrons. The molecular weight excluding hydrogens is 319 g/mol. The average Bonchev–Trinajstić information content (AvgIpc) is 3.00. The van der Waals surface area contributed by atoms with Crippen LogP contribution in [0, 0.1) is 9.62 Å². The zero-order valence-electron chi connectivity index (χ0n) is 8.35. The molecule has 0 aliphatic heterocycles. The second kappa shape index (κ2) is 3.69. The number of nitrogens with zero attached hydrogens (tertiary/aromatic N) is 3. The number of aromatic nitrogens is 3. The SMILES string of the molecule is O=C(Nc1cn2cc(I)ncc2n1)C1CC1. The molecule has 2 aromatic rings. The van der Waals surface area contributed by atoms with Gasteiger partial charge in [-0.1, -0.05) is 0 Å². The molecule has 1 amide bonds. The lowest BCUT2D eigenvalue weighted by atomic mass is 10.4. The summed E-state index contributed by atoms with van der Waals surface area (Å²) in [7, 11) is 0. The number of rotatable bonds is 2. The van der Waals surface area contributed by atoms with Gasteiger partial charge in [0.2, 0.25) is 5.91 Å². The quantitative estimate of drug-likeness (QED) is 0.854. The molecule has 1 fully saturated rings. The van der Waals surface area contributed by atoms with Crippen LogP contribution in [0.5, 0.6) is 0 Å². The van der Waals surface area contributed by atoms with Crippen molar-refractivity contribution in [3.05, 3.63) is 22.3 Å². The highest BCUT2D eigenvalue weighted by Crippen LogP contribution is 2.30. The van der Waals surface area contributed by atoms with Gasteiger partial charge in [0.05, 0.1) is 12.4 Å². The van der Waals surface area contributed by atoms with Gasteiger partial charge in [-0.25, -0.2) is 9.97 Å². The van der Waals surface area contributed by atoms with Crippen molar-refractivity contribution in [2.75, 3.05) is 5.32 Å². The molecule has 0 bridgehead atoms. The first-order chi connectivity index (χ1) is 7.72. The van der Waals surface area contributed by atoms with Gasteiger partial charge in [0, 0.05) is 12.1 Å². The van der Waals surface area contributed by atoms with Gasteiger partial charge in [0.25, 0.3) is 0 Å². The van der Waals surface area contributed by atoms with E-state index in [-0.39, 0.29) is 11.8 Å². The number of nitrogens with one attached hydrogen (secondary N) is 1. The van der Waals surface area contributed by atoms with Crippen molar-refractivity contribution >= 4 is 40.0 Å². The Balaban J connectivity index is 1.89. The molecule has 1 aliphatic rings. The molecule has 1 saturated carbocycles. The number of carbonyl (C=O) groups is 1. The first kappa shape index (κ1) is 10.0. The lowest BCUT2D eigenvalue weighted by Gasteiger charge is -1.97. The Morgan fingerprint density at radius 2 is 2.31 bits per heavy atom. The lowest BCUT2D eigenvalue weighted by Crippen LogP contribution is -2.13. The average molecular weight is 328 g/mol. The molecule has 1 aliphatic carbocycles. The van der Waals surface area contributed by atoms with Crippen LogP contribution < -0.4 is 5.32 Å². The van der Waals surface area contributed by atoms with E-state index in [4.69, 9.17) is 0 Å². The molecule has 3 rings (SSSR count). The topological polar surface area (TPSA) is 59.3 Å². The number of carbonyl (C=O) groups excluding carboxylic acids is 1. The van der Waals surface area contributed by atoms with Gasteiger partial charge in [-0.05, 0) is 35.4 Å². The molecule has 6 heteroatoms. The normalized spacial score (nSPS) is 15.3. The number of imidazole rings is 1. The number of amides is 1. The molecule has 0 spiro atoms. The Labute approximate surface area is 105 Å². The van der Waals surface area contributed by atoms with Crippen molar-refractivity contribution in [1.82, 2.24) is 14.4 Å². The van der Waals surface area contributed by atoms with Crippen molar-refractivity contribution in [2.45, 2.75) is 12.8 Å². The van der Waals surface area contributed by atoms with E-state index in [9.17, 15) is 4.79 Å². The molecule has 16 heavy (non-hydrogen) atoms. The second-order valence-corrected chi connectivity index (χ2v) is 4.97. The Bertz CT molecular complexity index is 561. The minimum atomic E-state index is 0.0751. The van der Waals surface area contributed by atoms with Gasteiger partial charge in [0.1, 0.15) is 3.70 Å². The van der Waals surface area contributed by atoms with Crippen molar-refractivity contribution in [3.8, 4) is 0 Å². The highest BCUT2D eigenvalue weighted by atomic mass is 127. The summed E-state index contributed by atoms with van der Waals surface area (Å²) in [4.78, 5) is 19.9. The van der Waals surface area contributed by atoms with Crippen LogP contribution in [0.4, 0.5) is 5.82 Å². The van der Waals surface area contributed by atoms with Crippen LogP contribution in [-0.2, 0) is 4.79 Å². The predicted octanol–water partition coefficient (Wildman–Crippen LogP) is 1.68. The summed E-state index contributed by atoms with van der Waals surface area (Å²) in [5.41, 5.74) is 0.742. The van der Waals surface area contributed by atoms with E-state index in [1.807, 2.05) is 10.6 Å². The summed E-state index contributed by atoms with van der Waals surface area (Å²) in [6.07, 6.45) is 7.36. The molecule has 0 saturated heterocycles. The highest BCUT2D eigenvalue weighted by molar-refractivity contribution is 14.1. The number of hydrogen-bond acceptors (Lipinski definition) is 3. The molecule has 0 radical (unpaired) electrons. The molecule has 1 N–H and O–H groups in total. The summed E-state index contributed by atoms with van der Waals surface area (Å²) in [5, 5.41) is 2.81. The van der Waals surface area contributed by atoms with Crippen molar-refractivity contribution in [1.29, 1.82) is 0 Å². The van der Waals surface area contributed by atoms with Crippen LogP contribution in [0.2, 0.25) is 0 Å². The lowest BCUT2D eigenvalue weighted by molar-refractivity contribution is -0.117. The second-order valence-electron chi connectivity index (χ2n) is 3.87. The highest BCUT2D eigenvalue weighted by Gasteiger charge is 2.29. The maximum Gasteiger partial charge on any atom is 0.228 e. The first-order valence-electron chi connectivity index (χ1n) is 5.03. The molecule has 5 nitrogen and oxygen atoms in total. The zero-order chi connectivity index (χ0) is 11.1. The third kappa shape index (κ3) is 1.89. The monoisotopic (exact) mass is 328 g/mol. The van der Waals surface area contributed by atoms with E-state index in [0.29, 0.717) is 5.82 Å². The van der Waals surface area contributed by atoms with Crippen molar-refractivity contribution in [3.63, 3.8) is 0 Å². The molecule has 0 unspecified atom stereocenters. The molecule has 0 aromatic carbocycles.